The van der Waals surface area contributed by atoms with E-state index in [9.17, 15) is 9.59 Å². The third kappa shape index (κ3) is 4.06. The van der Waals surface area contributed by atoms with Crippen molar-refractivity contribution in [1.29, 1.82) is 0 Å². The SMILES string of the molecule is CC(=O)c1ccc(NC(=O)NC2CCC(N)CC2)cc1. The van der Waals surface area contributed by atoms with Crippen LogP contribution in [0.15, 0.2) is 24.3 Å². The van der Waals surface area contributed by atoms with Gasteiger partial charge in [-0.15, -0.1) is 0 Å². The molecule has 1 aliphatic carbocycles. The Morgan fingerprint density at radius 3 is 2.25 bits per heavy atom. The summed E-state index contributed by atoms with van der Waals surface area (Å²) in [5.74, 6) is 0.0135. The third-order valence-electron chi connectivity index (χ3n) is 3.66. The van der Waals surface area contributed by atoms with Crippen LogP contribution in [0.25, 0.3) is 0 Å². The second kappa shape index (κ2) is 6.52. The molecule has 5 heteroatoms. The number of carbonyl (C=O) groups is 2. The fraction of sp³-hybridized carbons (Fsp3) is 0.467. The minimum Gasteiger partial charge on any atom is -0.335 e. The van der Waals surface area contributed by atoms with Gasteiger partial charge in [-0.1, -0.05) is 0 Å². The predicted octanol–water partition coefficient (Wildman–Crippen LogP) is 2.28. The Morgan fingerprint density at radius 1 is 1.10 bits per heavy atom. The first-order chi connectivity index (χ1) is 9.54. The Balaban J connectivity index is 1.83. The van der Waals surface area contributed by atoms with Gasteiger partial charge in [-0.25, -0.2) is 4.79 Å². The van der Waals surface area contributed by atoms with Crippen LogP contribution in [0.5, 0.6) is 0 Å². The second-order valence-corrected chi connectivity index (χ2v) is 5.34. The molecule has 5 nitrogen and oxygen atoms in total. The van der Waals surface area contributed by atoms with Crippen molar-refractivity contribution < 1.29 is 9.59 Å². The molecule has 0 bridgehead atoms. The van der Waals surface area contributed by atoms with Gasteiger partial charge in [0.1, 0.15) is 0 Å². The number of anilines is 1. The lowest BCUT2D eigenvalue weighted by atomic mass is 9.92. The molecule has 4 N–H and O–H groups in total. The number of hydrogen-bond donors (Lipinski definition) is 3. The van der Waals surface area contributed by atoms with Crippen LogP contribution in [0.1, 0.15) is 43.0 Å². The van der Waals surface area contributed by atoms with Crippen LogP contribution in [0.3, 0.4) is 0 Å². The Morgan fingerprint density at radius 2 is 1.70 bits per heavy atom. The quantitative estimate of drug-likeness (QED) is 0.740. The highest BCUT2D eigenvalue weighted by atomic mass is 16.2. The Hall–Kier alpha value is -1.88. The number of Topliss-reactive ketones (excluding diaryl/α,β-unsaturated/α-hetero) is 1. The molecule has 2 rings (SSSR count). The molecule has 1 saturated carbocycles. The van der Waals surface area contributed by atoms with Crippen LogP contribution >= 0.6 is 0 Å². The Kier molecular flexibility index (Phi) is 4.74. The molecule has 1 aromatic carbocycles. The number of amides is 2. The van der Waals surface area contributed by atoms with Gasteiger partial charge in [0.15, 0.2) is 5.78 Å². The van der Waals surface area contributed by atoms with Crippen LogP contribution in [0.2, 0.25) is 0 Å². The predicted molar refractivity (Wildman–Crippen MR) is 78.8 cm³/mol. The fourth-order valence-electron chi connectivity index (χ4n) is 2.40. The maximum absolute atomic E-state index is 11.9. The van der Waals surface area contributed by atoms with Crippen molar-refractivity contribution in [3.05, 3.63) is 29.8 Å². The molecule has 0 radical (unpaired) electrons. The summed E-state index contributed by atoms with van der Waals surface area (Å²) in [4.78, 5) is 23.0. The van der Waals surface area contributed by atoms with Gasteiger partial charge in [-0.3, -0.25) is 4.79 Å². The molecule has 0 aromatic heterocycles. The van der Waals surface area contributed by atoms with E-state index in [-0.39, 0.29) is 23.9 Å². The second-order valence-electron chi connectivity index (χ2n) is 5.34. The number of carbonyl (C=O) groups excluding carboxylic acids is 2. The molecule has 20 heavy (non-hydrogen) atoms. The first-order valence-electron chi connectivity index (χ1n) is 6.98. The van der Waals surface area contributed by atoms with E-state index >= 15 is 0 Å². The van der Waals surface area contributed by atoms with E-state index in [0.717, 1.165) is 25.7 Å². The molecule has 0 unspecified atom stereocenters. The number of benzene rings is 1. The molecule has 0 heterocycles. The molecule has 0 aliphatic heterocycles. The average molecular weight is 275 g/mol. The summed E-state index contributed by atoms with van der Waals surface area (Å²) >= 11 is 0. The largest absolute Gasteiger partial charge is 0.335 e. The maximum atomic E-state index is 11.9. The van der Waals surface area contributed by atoms with E-state index in [1.165, 1.54) is 6.92 Å². The molecule has 1 aliphatic rings. The van der Waals surface area contributed by atoms with Crippen LogP contribution in [-0.2, 0) is 0 Å². The monoisotopic (exact) mass is 275 g/mol. The van der Waals surface area contributed by atoms with E-state index in [2.05, 4.69) is 10.6 Å². The van der Waals surface area contributed by atoms with Gasteiger partial charge >= 0.3 is 6.03 Å². The Bertz CT molecular complexity index is 476. The van der Waals surface area contributed by atoms with E-state index in [0.29, 0.717) is 11.3 Å². The number of ketones is 1. The first-order valence-corrected chi connectivity index (χ1v) is 6.98. The zero-order valence-corrected chi connectivity index (χ0v) is 11.7. The van der Waals surface area contributed by atoms with Crippen molar-refractivity contribution >= 4 is 17.5 Å². The normalized spacial score (nSPS) is 22.1. The zero-order chi connectivity index (χ0) is 14.5. The van der Waals surface area contributed by atoms with Crippen LogP contribution in [0, 0.1) is 0 Å². The minimum absolute atomic E-state index is 0.0135. The van der Waals surface area contributed by atoms with E-state index in [1.807, 2.05) is 0 Å². The number of rotatable bonds is 3. The fourth-order valence-corrected chi connectivity index (χ4v) is 2.40. The van der Waals surface area contributed by atoms with Gasteiger partial charge < -0.3 is 16.4 Å². The minimum atomic E-state index is -0.207. The van der Waals surface area contributed by atoms with Gasteiger partial charge in [0, 0.05) is 23.3 Å². The van der Waals surface area contributed by atoms with Gasteiger partial charge in [0.2, 0.25) is 0 Å². The third-order valence-corrected chi connectivity index (χ3v) is 3.66. The summed E-state index contributed by atoms with van der Waals surface area (Å²) in [7, 11) is 0. The highest BCUT2D eigenvalue weighted by Gasteiger charge is 2.19. The van der Waals surface area contributed by atoms with E-state index < -0.39 is 0 Å². The van der Waals surface area contributed by atoms with Gasteiger partial charge in [-0.2, -0.15) is 0 Å². The highest BCUT2D eigenvalue weighted by molar-refractivity contribution is 5.95. The molecule has 0 spiro atoms. The molecular weight excluding hydrogens is 254 g/mol. The van der Waals surface area contributed by atoms with Crippen LogP contribution in [0.4, 0.5) is 10.5 Å². The highest BCUT2D eigenvalue weighted by Crippen LogP contribution is 2.17. The molecule has 0 saturated heterocycles. The first kappa shape index (κ1) is 14.5. The molecule has 1 aromatic rings. The summed E-state index contributed by atoms with van der Waals surface area (Å²) in [5.41, 5.74) is 7.15. The topological polar surface area (TPSA) is 84.2 Å². The molecular formula is C15H21N3O2. The summed E-state index contributed by atoms with van der Waals surface area (Å²) < 4.78 is 0. The lowest BCUT2D eigenvalue weighted by Crippen LogP contribution is -2.42. The van der Waals surface area contributed by atoms with Crippen molar-refractivity contribution in [1.82, 2.24) is 5.32 Å². The van der Waals surface area contributed by atoms with Gasteiger partial charge in [-0.05, 0) is 56.9 Å². The number of urea groups is 1. The number of hydrogen-bond acceptors (Lipinski definition) is 3. The number of nitrogens with one attached hydrogen (secondary N) is 2. The van der Waals surface area contributed by atoms with Crippen molar-refractivity contribution in [3.8, 4) is 0 Å². The smallest absolute Gasteiger partial charge is 0.319 e. The standard InChI is InChI=1S/C15H21N3O2/c1-10(19)11-2-6-13(7-3-11)17-15(20)18-14-8-4-12(16)5-9-14/h2-3,6-7,12,14H,4-5,8-9,16H2,1H3,(H2,17,18,20). The lowest BCUT2D eigenvalue weighted by molar-refractivity contribution is 0.101. The van der Waals surface area contributed by atoms with Gasteiger partial charge in [0.25, 0.3) is 0 Å². The van der Waals surface area contributed by atoms with Crippen molar-refractivity contribution in [2.75, 3.05) is 5.32 Å². The summed E-state index contributed by atoms with van der Waals surface area (Å²) in [6.07, 6.45) is 3.77. The molecule has 2 amide bonds. The molecule has 108 valence electrons. The van der Waals surface area contributed by atoms with Crippen LogP contribution in [-0.4, -0.2) is 23.9 Å². The summed E-state index contributed by atoms with van der Waals surface area (Å²) in [5, 5.41) is 5.73. The molecule has 1 fully saturated rings. The summed E-state index contributed by atoms with van der Waals surface area (Å²) in [6, 6.07) is 7.14. The summed E-state index contributed by atoms with van der Waals surface area (Å²) in [6.45, 7) is 1.52. The van der Waals surface area contributed by atoms with E-state index in [1.54, 1.807) is 24.3 Å². The maximum Gasteiger partial charge on any atom is 0.319 e. The van der Waals surface area contributed by atoms with E-state index in [4.69, 9.17) is 5.73 Å². The Labute approximate surface area is 118 Å². The van der Waals surface area contributed by atoms with Crippen molar-refractivity contribution in [2.45, 2.75) is 44.7 Å². The van der Waals surface area contributed by atoms with Crippen molar-refractivity contribution in [2.24, 2.45) is 5.73 Å². The zero-order valence-electron chi connectivity index (χ0n) is 11.7. The van der Waals surface area contributed by atoms with Crippen LogP contribution < -0.4 is 16.4 Å². The van der Waals surface area contributed by atoms with Crippen molar-refractivity contribution in [3.63, 3.8) is 0 Å². The lowest BCUT2D eigenvalue weighted by Gasteiger charge is -2.26. The molecule has 0 atom stereocenters. The van der Waals surface area contributed by atoms with Gasteiger partial charge in [0.05, 0.1) is 0 Å². The average Bonchev–Trinajstić information content (AvgIpc) is 2.42. The number of nitrogens with two attached hydrogens (primary N) is 1.